The first-order chi connectivity index (χ1) is 8.20. The molecule has 1 aliphatic carbocycles. The number of aromatic nitrogens is 1. The second-order valence-corrected chi connectivity index (χ2v) is 4.18. The summed E-state index contributed by atoms with van der Waals surface area (Å²) in [4.78, 5) is 25.4. The number of amides is 1. The highest BCUT2D eigenvalue weighted by Crippen LogP contribution is 2.24. The maximum atomic E-state index is 11.8. The molecule has 5 nitrogen and oxygen atoms in total. The van der Waals surface area contributed by atoms with Gasteiger partial charge in [0.15, 0.2) is 0 Å². The summed E-state index contributed by atoms with van der Waals surface area (Å²) < 4.78 is 0. The Kier molecular flexibility index (Phi) is 3.24. The second kappa shape index (κ2) is 4.83. The van der Waals surface area contributed by atoms with Crippen molar-refractivity contribution in [2.24, 2.45) is 5.92 Å². The van der Waals surface area contributed by atoms with Crippen LogP contribution in [0.15, 0.2) is 23.0 Å². The number of carbonyl (C=O) groups is 1. The summed E-state index contributed by atoms with van der Waals surface area (Å²) >= 11 is 0. The predicted molar refractivity (Wildman–Crippen MR) is 61.3 cm³/mol. The van der Waals surface area contributed by atoms with Gasteiger partial charge in [0.2, 0.25) is 5.56 Å². The molecule has 1 aromatic heterocycles. The van der Waals surface area contributed by atoms with Crippen molar-refractivity contribution in [1.82, 2.24) is 10.3 Å². The van der Waals surface area contributed by atoms with Gasteiger partial charge in [-0.15, -0.1) is 0 Å². The van der Waals surface area contributed by atoms with Crippen LogP contribution >= 0.6 is 0 Å². The summed E-state index contributed by atoms with van der Waals surface area (Å²) in [6, 6.07) is 6.53. The smallest absolute Gasteiger partial charge is 0.268 e. The fraction of sp³-hybridized carbons (Fsp3) is 0.417. The zero-order chi connectivity index (χ0) is 12.3. The van der Waals surface area contributed by atoms with Crippen LogP contribution in [0.2, 0.25) is 0 Å². The lowest BCUT2D eigenvalue weighted by Crippen LogP contribution is -2.37. The molecule has 0 saturated heterocycles. The van der Waals surface area contributed by atoms with Gasteiger partial charge in [0.05, 0.1) is 12.0 Å². The van der Waals surface area contributed by atoms with Crippen LogP contribution in [0.5, 0.6) is 0 Å². The van der Waals surface area contributed by atoms with E-state index in [0.717, 1.165) is 19.3 Å². The molecule has 1 amide bonds. The maximum Gasteiger partial charge on any atom is 0.268 e. The van der Waals surface area contributed by atoms with E-state index in [1.165, 1.54) is 12.1 Å². The van der Waals surface area contributed by atoms with Crippen LogP contribution in [0, 0.1) is 17.2 Å². The summed E-state index contributed by atoms with van der Waals surface area (Å²) in [5.41, 5.74) is -0.0676. The van der Waals surface area contributed by atoms with Crippen LogP contribution in [-0.4, -0.2) is 16.9 Å². The van der Waals surface area contributed by atoms with Crippen LogP contribution in [-0.2, 0) is 0 Å². The molecule has 1 saturated carbocycles. The number of carbonyl (C=O) groups excluding carboxylic acids is 1. The lowest BCUT2D eigenvalue weighted by molar-refractivity contribution is 0.0927. The Morgan fingerprint density at radius 1 is 1.47 bits per heavy atom. The summed E-state index contributed by atoms with van der Waals surface area (Å²) in [6.07, 6.45) is 2.60. The van der Waals surface area contributed by atoms with E-state index in [1.807, 2.05) is 0 Å². The third kappa shape index (κ3) is 2.53. The van der Waals surface area contributed by atoms with Crippen molar-refractivity contribution >= 4 is 5.91 Å². The van der Waals surface area contributed by atoms with Crippen LogP contribution in [0.1, 0.15) is 29.8 Å². The minimum Gasteiger partial charge on any atom is -0.347 e. The Morgan fingerprint density at radius 3 is 3.00 bits per heavy atom. The number of H-pyrrole nitrogens is 1. The van der Waals surface area contributed by atoms with E-state index in [9.17, 15) is 9.59 Å². The van der Waals surface area contributed by atoms with Gasteiger partial charge in [-0.3, -0.25) is 9.59 Å². The van der Waals surface area contributed by atoms with Gasteiger partial charge in [-0.2, -0.15) is 5.26 Å². The zero-order valence-corrected chi connectivity index (χ0v) is 9.27. The first-order valence-corrected chi connectivity index (χ1v) is 5.60. The van der Waals surface area contributed by atoms with E-state index in [-0.39, 0.29) is 29.1 Å². The average molecular weight is 231 g/mol. The molecule has 1 heterocycles. The summed E-state index contributed by atoms with van der Waals surface area (Å²) in [6.45, 7) is 0. The quantitative estimate of drug-likeness (QED) is 0.789. The maximum absolute atomic E-state index is 11.8. The Morgan fingerprint density at radius 2 is 2.29 bits per heavy atom. The number of pyridine rings is 1. The third-order valence-corrected chi connectivity index (χ3v) is 3.01. The number of aromatic amines is 1. The average Bonchev–Trinajstić information content (AvgIpc) is 2.76. The van der Waals surface area contributed by atoms with E-state index in [0.29, 0.717) is 0 Å². The lowest BCUT2D eigenvalue weighted by Gasteiger charge is -2.15. The van der Waals surface area contributed by atoms with Gasteiger partial charge in [0.1, 0.15) is 5.69 Å². The van der Waals surface area contributed by atoms with Crippen LogP contribution in [0.4, 0.5) is 0 Å². The summed E-state index contributed by atoms with van der Waals surface area (Å²) in [7, 11) is 0. The predicted octanol–water partition coefficient (Wildman–Crippen LogP) is 0.797. The van der Waals surface area contributed by atoms with Crippen LogP contribution in [0.25, 0.3) is 0 Å². The molecule has 1 aromatic rings. The van der Waals surface area contributed by atoms with Gasteiger partial charge in [-0.25, -0.2) is 0 Å². The Hall–Kier alpha value is -2.09. The molecule has 1 aliphatic rings. The number of hydrogen-bond donors (Lipinski definition) is 2. The molecular weight excluding hydrogens is 218 g/mol. The molecule has 0 spiro atoms. The second-order valence-electron chi connectivity index (χ2n) is 4.18. The zero-order valence-electron chi connectivity index (χ0n) is 9.27. The first-order valence-electron chi connectivity index (χ1n) is 5.60. The van der Waals surface area contributed by atoms with Crippen molar-refractivity contribution in [3.63, 3.8) is 0 Å². The molecule has 0 radical (unpaired) electrons. The minimum absolute atomic E-state index is 0.101. The number of nitriles is 1. The highest BCUT2D eigenvalue weighted by atomic mass is 16.2. The molecule has 2 N–H and O–H groups in total. The molecule has 0 aliphatic heterocycles. The molecule has 2 atom stereocenters. The summed E-state index contributed by atoms with van der Waals surface area (Å²) in [5, 5.41) is 11.7. The highest BCUT2D eigenvalue weighted by molar-refractivity contribution is 5.92. The molecule has 1 fully saturated rings. The van der Waals surface area contributed by atoms with Crippen molar-refractivity contribution in [3.05, 3.63) is 34.2 Å². The van der Waals surface area contributed by atoms with E-state index in [4.69, 9.17) is 5.26 Å². The Balaban J connectivity index is 2.07. The number of hydrogen-bond acceptors (Lipinski definition) is 3. The standard InChI is InChI=1S/C12H13N3O2/c13-7-8-3-1-4-9(8)15-12(17)10-5-2-6-11(16)14-10/h2,5-6,8-9H,1,3-4H2,(H,14,16)(H,15,17). The number of nitrogens with zero attached hydrogens (tertiary/aromatic N) is 1. The van der Waals surface area contributed by atoms with Crippen molar-refractivity contribution < 1.29 is 4.79 Å². The monoisotopic (exact) mass is 231 g/mol. The molecule has 0 bridgehead atoms. The first kappa shape index (κ1) is 11.4. The topological polar surface area (TPSA) is 85.8 Å². The van der Waals surface area contributed by atoms with E-state index in [2.05, 4.69) is 16.4 Å². The van der Waals surface area contributed by atoms with Gasteiger partial charge in [0.25, 0.3) is 5.91 Å². The molecule has 88 valence electrons. The molecule has 5 heteroatoms. The highest BCUT2D eigenvalue weighted by Gasteiger charge is 2.28. The summed E-state index contributed by atoms with van der Waals surface area (Å²) in [5.74, 6) is -0.441. The number of nitrogens with one attached hydrogen (secondary N) is 2. The molecule has 2 rings (SSSR count). The van der Waals surface area contributed by atoms with Crippen LogP contribution in [0.3, 0.4) is 0 Å². The largest absolute Gasteiger partial charge is 0.347 e. The van der Waals surface area contributed by atoms with Gasteiger partial charge in [0, 0.05) is 12.1 Å². The fourth-order valence-electron chi connectivity index (χ4n) is 2.11. The third-order valence-electron chi connectivity index (χ3n) is 3.01. The van der Waals surface area contributed by atoms with Crippen LogP contribution < -0.4 is 10.9 Å². The van der Waals surface area contributed by atoms with Gasteiger partial charge in [-0.1, -0.05) is 6.07 Å². The fourth-order valence-corrected chi connectivity index (χ4v) is 2.11. The molecule has 17 heavy (non-hydrogen) atoms. The Bertz CT molecular complexity index is 515. The van der Waals surface area contributed by atoms with Gasteiger partial charge >= 0.3 is 0 Å². The SMILES string of the molecule is N#CC1CCCC1NC(=O)c1cccc(=O)[nH]1. The molecular formula is C12H13N3O2. The molecule has 0 aromatic carbocycles. The van der Waals surface area contributed by atoms with E-state index >= 15 is 0 Å². The Labute approximate surface area is 98.5 Å². The van der Waals surface area contributed by atoms with Crippen molar-refractivity contribution in [1.29, 1.82) is 5.26 Å². The minimum atomic E-state index is -0.324. The van der Waals surface area contributed by atoms with E-state index < -0.39 is 0 Å². The van der Waals surface area contributed by atoms with Crippen molar-refractivity contribution in [2.45, 2.75) is 25.3 Å². The van der Waals surface area contributed by atoms with Crippen molar-refractivity contribution in [2.75, 3.05) is 0 Å². The van der Waals surface area contributed by atoms with Gasteiger partial charge in [-0.05, 0) is 25.3 Å². The van der Waals surface area contributed by atoms with Crippen molar-refractivity contribution in [3.8, 4) is 6.07 Å². The van der Waals surface area contributed by atoms with Gasteiger partial charge < -0.3 is 10.3 Å². The number of rotatable bonds is 2. The van der Waals surface area contributed by atoms with E-state index in [1.54, 1.807) is 6.07 Å². The normalized spacial score (nSPS) is 23.0. The lowest BCUT2D eigenvalue weighted by atomic mass is 10.1. The molecule has 2 unspecified atom stereocenters.